The SMILES string of the molecule is CN(C)C(CNC(=O)c1cccc(=O)[nH]1)c1cccs1. The van der Waals surface area contributed by atoms with Crippen molar-refractivity contribution in [3.05, 3.63) is 56.6 Å². The number of hydrogen-bond donors (Lipinski definition) is 2. The third kappa shape index (κ3) is 3.55. The fourth-order valence-electron chi connectivity index (χ4n) is 1.88. The lowest BCUT2D eigenvalue weighted by atomic mass is 10.2. The van der Waals surface area contributed by atoms with Crippen molar-refractivity contribution in [3.8, 4) is 0 Å². The van der Waals surface area contributed by atoms with Gasteiger partial charge in [-0.25, -0.2) is 0 Å². The van der Waals surface area contributed by atoms with Crippen LogP contribution in [-0.4, -0.2) is 36.4 Å². The van der Waals surface area contributed by atoms with Gasteiger partial charge in [0, 0.05) is 17.5 Å². The van der Waals surface area contributed by atoms with E-state index in [0.29, 0.717) is 6.54 Å². The van der Waals surface area contributed by atoms with Crippen LogP contribution in [0.5, 0.6) is 0 Å². The Bertz CT molecular complexity index is 619. The summed E-state index contributed by atoms with van der Waals surface area (Å²) in [6.07, 6.45) is 0. The van der Waals surface area contributed by atoms with E-state index < -0.39 is 0 Å². The number of rotatable bonds is 5. The summed E-state index contributed by atoms with van der Waals surface area (Å²) >= 11 is 1.66. The summed E-state index contributed by atoms with van der Waals surface area (Å²) < 4.78 is 0. The van der Waals surface area contributed by atoms with Gasteiger partial charge in [0.25, 0.3) is 5.91 Å². The van der Waals surface area contributed by atoms with Crippen molar-refractivity contribution in [2.75, 3.05) is 20.6 Å². The van der Waals surface area contributed by atoms with Gasteiger partial charge >= 0.3 is 0 Å². The number of aromatic amines is 1. The fourth-order valence-corrected chi connectivity index (χ4v) is 2.81. The summed E-state index contributed by atoms with van der Waals surface area (Å²) in [6.45, 7) is 0.489. The zero-order chi connectivity index (χ0) is 14.5. The number of H-pyrrole nitrogens is 1. The maximum Gasteiger partial charge on any atom is 0.267 e. The molecule has 0 saturated carbocycles. The van der Waals surface area contributed by atoms with E-state index in [1.165, 1.54) is 10.9 Å². The zero-order valence-electron chi connectivity index (χ0n) is 11.4. The van der Waals surface area contributed by atoms with E-state index in [2.05, 4.69) is 15.2 Å². The highest BCUT2D eigenvalue weighted by atomic mass is 32.1. The fraction of sp³-hybridized carbons (Fsp3) is 0.286. The smallest absolute Gasteiger partial charge is 0.267 e. The van der Waals surface area contributed by atoms with E-state index in [4.69, 9.17) is 0 Å². The van der Waals surface area contributed by atoms with Gasteiger partial charge < -0.3 is 15.2 Å². The molecule has 6 heteroatoms. The molecule has 0 aliphatic carbocycles. The summed E-state index contributed by atoms with van der Waals surface area (Å²) in [5, 5.41) is 4.87. The van der Waals surface area contributed by atoms with Crippen LogP contribution < -0.4 is 10.9 Å². The Balaban J connectivity index is 2.03. The number of thiophene rings is 1. The average Bonchev–Trinajstić information content (AvgIpc) is 2.92. The van der Waals surface area contributed by atoms with Crippen LogP contribution in [0.1, 0.15) is 21.4 Å². The van der Waals surface area contributed by atoms with Crippen LogP contribution in [0.4, 0.5) is 0 Å². The van der Waals surface area contributed by atoms with E-state index in [9.17, 15) is 9.59 Å². The Kier molecular flexibility index (Phi) is 4.70. The molecule has 2 rings (SSSR count). The Morgan fingerprint density at radius 1 is 1.35 bits per heavy atom. The second-order valence-electron chi connectivity index (χ2n) is 4.63. The molecule has 1 atom stereocenters. The van der Waals surface area contributed by atoms with Crippen LogP contribution in [-0.2, 0) is 0 Å². The molecule has 106 valence electrons. The van der Waals surface area contributed by atoms with E-state index in [0.717, 1.165) is 0 Å². The van der Waals surface area contributed by atoms with Crippen LogP contribution in [0.3, 0.4) is 0 Å². The topological polar surface area (TPSA) is 65.2 Å². The van der Waals surface area contributed by atoms with Crippen molar-refractivity contribution in [2.24, 2.45) is 0 Å². The van der Waals surface area contributed by atoms with Crippen LogP contribution in [0.2, 0.25) is 0 Å². The van der Waals surface area contributed by atoms with E-state index in [1.807, 2.05) is 31.6 Å². The first-order chi connectivity index (χ1) is 9.58. The maximum absolute atomic E-state index is 12.0. The van der Waals surface area contributed by atoms with Crippen molar-refractivity contribution in [1.29, 1.82) is 0 Å². The first-order valence-corrected chi connectivity index (χ1v) is 7.13. The second-order valence-corrected chi connectivity index (χ2v) is 5.61. The van der Waals surface area contributed by atoms with Gasteiger partial charge in [0.05, 0.1) is 6.04 Å². The maximum atomic E-state index is 12.0. The molecule has 0 aliphatic heterocycles. The second kappa shape index (κ2) is 6.49. The van der Waals surface area contributed by atoms with E-state index in [1.54, 1.807) is 23.5 Å². The van der Waals surface area contributed by atoms with Crippen LogP contribution >= 0.6 is 11.3 Å². The number of nitrogens with zero attached hydrogens (tertiary/aromatic N) is 1. The monoisotopic (exact) mass is 291 g/mol. The minimum absolute atomic E-state index is 0.120. The summed E-state index contributed by atoms with van der Waals surface area (Å²) in [7, 11) is 3.95. The molecule has 2 aromatic rings. The molecule has 5 nitrogen and oxygen atoms in total. The first kappa shape index (κ1) is 14.5. The Morgan fingerprint density at radius 3 is 2.75 bits per heavy atom. The molecule has 0 fully saturated rings. The van der Waals surface area contributed by atoms with Crippen molar-refractivity contribution in [1.82, 2.24) is 15.2 Å². The average molecular weight is 291 g/mol. The summed E-state index contributed by atoms with van der Waals surface area (Å²) in [5.41, 5.74) is 0.00116. The van der Waals surface area contributed by atoms with Gasteiger partial charge in [0.15, 0.2) is 0 Å². The highest BCUT2D eigenvalue weighted by Crippen LogP contribution is 2.22. The lowest BCUT2D eigenvalue weighted by Gasteiger charge is -2.23. The van der Waals surface area contributed by atoms with Gasteiger partial charge in [-0.1, -0.05) is 12.1 Å². The molecule has 0 saturated heterocycles. The van der Waals surface area contributed by atoms with Gasteiger partial charge in [-0.05, 0) is 31.6 Å². The van der Waals surface area contributed by atoms with Gasteiger partial charge in [-0.15, -0.1) is 11.3 Å². The quantitative estimate of drug-likeness (QED) is 0.877. The molecule has 0 spiro atoms. The molecule has 0 aliphatic rings. The van der Waals surface area contributed by atoms with Gasteiger partial charge in [-0.2, -0.15) is 0 Å². The molecule has 1 amide bonds. The largest absolute Gasteiger partial charge is 0.349 e. The van der Waals surface area contributed by atoms with Crippen LogP contribution in [0.25, 0.3) is 0 Å². The normalized spacial score (nSPS) is 12.3. The lowest BCUT2D eigenvalue weighted by Crippen LogP contribution is -2.35. The molecule has 20 heavy (non-hydrogen) atoms. The number of likely N-dealkylation sites (N-methyl/N-ethyl adjacent to an activating group) is 1. The number of carbonyl (C=O) groups is 1. The Hall–Kier alpha value is -1.92. The Labute approximate surface area is 121 Å². The van der Waals surface area contributed by atoms with Crippen LogP contribution in [0, 0.1) is 0 Å². The molecular weight excluding hydrogens is 274 g/mol. The third-order valence-electron chi connectivity index (χ3n) is 2.96. The summed E-state index contributed by atoms with van der Waals surface area (Å²) in [4.78, 5) is 28.9. The van der Waals surface area contributed by atoms with Gasteiger partial charge in [-0.3, -0.25) is 9.59 Å². The predicted molar refractivity (Wildman–Crippen MR) is 80.1 cm³/mol. The van der Waals surface area contributed by atoms with Crippen molar-refractivity contribution in [2.45, 2.75) is 6.04 Å². The molecule has 0 aromatic carbocycles. The lowest BCUT2D eigenvalue weighted by molar-refractivity contribution is 0.0937. The van der Waals surface area contributed by atoms with Gasteiger partial charge in [0.2, 0.25) is 5.56 Å². The zero-order valence-corrected chi connectivity index (χ0v) is 12.2. The highest BCUT2D eigenvalue weighted by Gasteiger charge is 2.16. The summed E-state index contributed by atoms with van der Waals surface area (Å²) in [5.74, 6) is -0.272. The molecule has 1 unspecified atom stereocenters. The number of nitrogens with one attached hydrogen (secondary N) is 2. The first-order valence-electron chi connectivity index (χ1n) is 6.25. The molecule has 0 radical (unpaired) electrons. The van der Waals surface area contributed by atoms with Gasteiger partial charge in [0.1, 0.15) is 5.69 Å². The molecular formula is C14H17N3O2S. The number of aromatic nitrogens is 1. The van der Waals surface area contributed by atoms with Crippen molar-refractivity contribution in [3.63, 3.8) is 0 Å². The molecule has 2 heterocycles. The highest BCUT2D eigenvalue weighted by molar-refractivity contribution is 7.10. The Morgan fingerprint density at radius 2 is 2.15 bits per heavy atom. The molecule has 2 N–H and O–H groups in total. The predicted octanol–water partition coefficient (Wildman–Crippen LogP) is 1.47. The summed E-state index contributed by atoms with van der Waals surface area (Å²) in [6, 6.07) is 8.70. The number of amides is 1. The van der Waals surface area contributed by atoms with Crippen molar-refractivity contribution < 1.29 is 4.79 Å². The number of pyridine rings is 1. The minimum Gasteiger partial charge on any atom is -0.349 e. The van der Waals surface area contributed by atoms with Crippen molar-refractivity contribution >= 4 is 17.2 Å². The van der Waals surface area contributed by atoms with E-state index in [-0.39, 0.29) is 23.2 Å². The van der Waals surface area contributed by atoms with E-state index >= 15 is 0 Å². The third-order valence-corrected chi connectivity index (χ3v) is 3.94. The van der Waals surface area contributed by atoms with Crippen LogP contribution in [0.15, 0.2) is 40.5 Å². The molecule has 0 bridgehead atoms. The number of carbonyl (C=O) groups excluding carboxylic acids is 1. The standard InChI is InChI=1S/C14H17N3O2S/c1-17(2)11(12-6-4-8-20-12)9-15-14(19)10-5-3-7-13(18)16-10/h3-8,11H,9H2,1-2H3,(H,15,19)(H,16,18). The number of hydrogen-bond acceptors (Lipinski definition) is 4. The minimum atomic E-state index is -0.278. The molecule has 2 aromatic heterocycles.